The molecule has 0 atom stereocenters. The second-order valence-corrected chi connectivity index (χ2v) is 10.0. The van der Waals surface area contributed by atoms with Gasteiger partial charge in [0, 0.05) is 36.0 Å². The first-order valence-electron chi connectivity index (χ1n) is 13.5. The molecule has 0 radical (unpaired) electrons. The highest BCUT2D eigenvalue weighted by Crippen LogP contribution is 2.45. The predicted octanol–water partition coefficient (Wildman–Crippen LogP) is 9.75. The summed E-state index contributed by atoms with van der Waals surface area (Å²) in [5, 5.41) is 8.70. The van der Waals surface area contributed by atoms with Crippen molar-refractivity contribution < 1.29 is 8.78 Å². The highest BCUT2D eigenvalue weighted by molar-refractivity contribution is 5.88. The summed E-state index contributed by atoms with van der Waals surface area (Å²) in [4.78, 5) is 4.58. The molecule has 0 saturated heterocycles. The van der Waals surface area contributed by atoms with Gasteiger partial charge in [0.1, 0.15) is 0 Å². The van der Waals surface area contributed by atoms with E-state index in [9.17, 15) is 8.78 Å². The smallest absolute Gasteiger partial charge is 0.264 e. The second kappa shape index (κ2) is 11.8. The van der Waals surface area contributed by atoms with E-state index in [1.54, 1.807) is 10.7 Å². The fraction of sp³-hybridized carbons (Fsp3) is 0.333. The van der Waals surface area contributed by atoms with Gasteiger partial charge in [-0.15, -0.1) is 0 Å². The zero-order valence-electron chi connectivity index (χ0n) is 23.2. The maximum Gasteiger partial charge on any atom is 0.264 e. The summed E-state index contributed by atoms with van der Waals surface area (Å²) >= 11 is 0. The molecule has 0 unspecified atom stereocenters. The van der Waals surface area contributed by atoms with E-state index >= 15 is 0 Å². The molecule has 3 aromatic carbocycles. The first kappa shape index (κ1) is 27.4. The molecule has 0 amide bonds. The largest absolute Gasteiger partial charge is 0.275 e. The summed E-state index contributed by atoms with van der Waals surface area (Å²) in [5.41, 5.74) is 5.53. The standard InChI is InChI=1S/C16H17N3.C15H14F2.C2H6/c1-11(2)14-6-4-5-12-7-16(17-9-15(12)14)13-8-18-19(3)10-13;1-9-3-2-4-11-7-13(10-5-6-10)14(15(16)17)8-12(9)11;1-2/h4-11H,1-3H3;2-4,7-8,10,15H,5-6H2,1H3;1-2H3. The van der Waals surface area contributed by atoms with Crippen molar-refractivity contribution in [3.05, 3.63) is 95.4 Å². The number of hydrogen-bond acceptors (Lipinski definition) is 2. The molecule has 5 heteroatoms. The lowest BCUT2D eigenvalue weighted by molar-refractivity contribution is 0.150. The molecule has 5 aromatic rings. The molecular weight excluding hydrogens is 476 g/mol. The van der Waals surface area contributed by atoms with E-state index in [2.05, 4.69) is 48.2 Å². The van der Waals surface area contributed by atoms with Crippen molar-refractivity contribution >= 4 is 21.5 Å². The quantitative estimate of drug-likeness (QED) is 0.239. The number of aryl methyl sites for hydroxylation is 2. The van der Waals surface area contributed by atoms with Crippen molar-refractivity contribution in [2.75, 3.05) is 0 Å². The van der Waals surface area contributed by atoms with E-state index in [1.807, 2.05) is 70.7 Å². The van der Waals surface area contributed by atoms with Crippen LogP contribution in [0.2, 0.25) is 0 Å². The van der Waals surface area contributed by atoms with Crippen LogP contribution in [-0.4, -0.2) is 14.8 Å². The molecule has 1 fully saturated rings. The Labute approximate surface area is 224 Å². The summed E-state index contributed by atoms with van der Waals surface area (Å²) < 4.78 is 27.9. The molecule has 6 rings (SSSR count). The molecule has 0 N–H and O–H groups in total. The zero-order chi connectivity index (χ0) is 27.4. The van der Waals surface area contributed by atoms with Crippen LogP contribution < -0.4 is 0 Å². The number of hydrogen-bond donors (Lipinski definition) is 0. The van der Waals surface area contributed by atoms with Gasteiger partial charge >= 0.3 is 0 Å². The summed E-state index contributed by atoms with van der Waals surface area (Å²) in [6.45, 7) is 10.4. The molecule has 0 bridgehead atoms. The lowest BCUT2D eigenvalue weighted by atomic mass is 9.96. The maximum atomic E-state index is 13.1. The van der Waals surface area contributed by atoms with Crippen LogP contribution in [0.3, 0.4) is 0 Å². The Kier molecular flexibility index (Phi) is 8.55. The van der Waals surface area contributed by atoms with Crippen LogP contribution in [0.5, 0.6) is 0 Å². The van der Waals surface area contributed by atoms with Crippen molar-refractivity contribution in [1.29, 1.82) is 0 Å². The molecule has 1 aliphatic rings. The van der Waals surface area contributed by atoms with Crippen LogP contribution in [0.4, 0.5) is 8.78 Å². The van der Waals surface area contributed by atoms with Crippen LogP contribution in [0.15, 0.2) is 73.2 Å². The van der Waals surface area contributed by atoms with Crippen molar-refractivity contribution in [3.8, 4) is 11.3 Å². The van der Waals surface area contributed by atoms with E-state index in [0.29, 0.717) is 11.8 Å². The number of nitrogens with zero attached hydrogens (tertiary/aromatic N) is 3. The van der Waals surface area contributed by atoms with Gasteiger partial charge in [0.05, 0.1) is 11.9 Å². The number of pyridine rings is 1. The molecule has 2 aromatic heterocycles. The van der Waals surface area contributed by atoms with E-state index in [4.69, 9.17) is 0 Å². The van der Waals surface area contributed by atoms with E-state index < -0.39 is 6.43 Å². The summed E-state index contributed by atoms with van der Waals surface area (Å²) in [6, 6.07) is 18.2. The van der Waals surface area contributed by atoms with Crippen LogP contribution in [0.25, 0.3) is 32.8 Å². The van der Waals surface area contributed by atoms with Crippen LogP contribution in [0.1, 0.15) is 81.1 Å². The van der Waals surface area contributed by atoms with Crippen LogP contribution >= 0.6 is 0 Å². The Morgan fingerprint density at radius 2 is 1.55 bits per heavy atom. The van der Waals surface area contributed by atoms with Gasteiger partial charge in [-0.2, -0.15) is 5.10 Å². The van der Waals surface area contributed by atoms with E-state index in [1.165, 1.54) is 16.3 Å². The molecule has 198 valence electrons. The Hall–Kier alpha value is -3.60. The average Bonchev–Trinajstić information content (AvgIpc) is 3.68. The minimum atomic E-state index is -2.37. The Morgan fingerprint density at radius 3 is 2.16 bits per heavy atom. The molecule has 3 nitrogen and oxygen atoms in total. The Balaban J connectivity index is 0.000000167. The molecule has 2 heterocycles. The fourth-order valence-electron chi connectivity index (χ4n) is 4.86. The Bertz CT molecular complexity index is 1530. The molecule has 38 heavy (non-hydrogen) atoms. The van der Waals surface area contributed by atoms with Gasteiger partial charge in [0.15, 0.2) is 0 Å². The fourth-order valence-corrected chi connectivity index (χ4v) is 4.86. The number of fused-ring (bicyclic) bond motifs is 2. The van der Waals surface area contributed by atoms with E-state index in [-0.39, 0.29) is 5.56 Å². The molecular formula is C33H37F2N3. The van der Waals surface area contributed by atoms with Gasteiger partial charge < -0.3 is 0 Å². The number of halogens is 2. The first-order chi connectivity index (χ1) is 18.3. The lowest BCUT2D eigenvalue weighted by Gasteiger charge is -2.11. The molecule has 0 spiro atoms. The number of aromatic nitrogens is 3. The third-order valence-electron chi connectivity index (χ3n) is 6.98. The van der Waals surface area contributed by atoms with Crippen molar-refractivity contribution in [2.24, 2.45) is 7.05 Å². The first-order valence-corrected chi connectivity index (χ1v) is 13.5. The summed E-state index contributed by atoms with van der Waals surface area (Å²) in [5.74, 6) is 0.874. The second-order valence-electron chi connectivity index (χ2n) is 10.0. The number of alkyl halides is 2. The van der Waals surface area contributed by atoms with E-state index in [0.717, 1.165) is 46.0 Å². The minimum absolute atomic E-state index is 0.231. The van der Waals surface area contributed by atoms with Gasteiger partial charge in [-0.3, -0.25) is 9.67 Å². The average molecular weight is 514 g/mol. The monoisotopic (exact) mass is 513 g/mol. The van der Waals surface area contributed by atoms with Gasteiger partial charge in [-0.1, -0.05) is 70.2 Å². The molecule has 0 aliphatic heterocycles. The van der Waals surface area contributed by atoms with Crippen LogP contribution in [-0.2, 0) is 7.05 Å². The summed E-state index contributed by atoms with van der Waals surface area (Å²) in [7, 11) is 1.92. The topological polar surface area (TPSA) is 30.7 Å². The molecule has 1 saturated carbocycles. The van der Waals surface area contributed by atoms with Crippen molar-refractivity contribution in [2.45, 2.75) is 65.7 Å². The normalized spacial score (nSPS) is 12.9. The zero-order valence-corrected chi connectivity index (χ0v) is 23.2. The molecule has 1 aliphatic carbocycles. The summed E-state index contributed by atoms with van der Waals surface area (Å²) in [6.07, 6.45) is 5.55. The van der Waals surface area contributed by atoms with Gasteiger partial charge in [-0.05, 0) is 76.6 Å². The van der Waals surface area contributed by atoms with Crippen LogP contribution in [0, 0.1) is 6.92 Å². The predicted molar refractivity (Wildman–Crippen MR) is 155 cm³/mol. The Morgan fingerprint density at radius 1 is 0.868 bits per heavy atom. The third-order valence-corrected chi connectivity index (χ3v) is 6.98. The lowest BCUT2D eigenvalue weighted by Crippen LogP contribution is -1.94. The maximum absolute atomic E-state index is 13.1. The number of rotatable bonds is 4. The minimum Gasteiger partial charge on any atom is -0.275 e. The van der Waals surface area contributed by atoms with Gasteiger partial charge in [-0.25, -0.2) is 8.78 Å². The van der Waals surface area contributed by atoms with Gasteiger partial charge in [0.25, 0.3) is 6.43 Å². The van der Waals surface area contributed by atoms with Crippen molar-refractivity contribution in [3.63, 3.8) is 0 Å². The van der Waals surface area contributed by atoms with Gasteiger partial charge in [0.2, 0.25) is 0 Å². The highest BCUT2D eigenvalue weighted by Gasteiger charge is 2.29. The third kappa shape index (κ3) is 5.93. The number of benzene rings is 3. The SMILES string of the molecule is CC.CC(C)c1cccc2cc(-c3cnn(C)c3)ncc12.Cc1cccc2cc(C3CC3)c(C(F)F)cc12. The highest BCUT2D eigenvalue weighted by atomic mass is 19.3. The van der Waals surface area contributed by atoms with Crippen molar-refractivity contribution in [1.82, 2.24) is 14.8 Å².